The van der Waals surface area contributed by atoms with E-state index in [1.54, 1.807) is 30.8 Å². The van der Waals surface area contributed by atoms with Crippen LogP contribution < -0.4 is 5.32 Å². The molecule has 31 heavy (non-hydrogen) atoms. The van der Waals surface area contributed by atoms with Gasteiger partial charge in [-0.15, -0.1) is 11.3 Å². The van der Waals surface area contributed by atoms with E-state index in [0.717, 1.165) is 34.9 Å². The zero-order chi connectivity index (χ0) is 21.3. The largest absolute Gasteiger partial charge is 0.445 e. The van der Waals surface area contributed by atoms with Gasteiger partial charge in [-0.3, -0.25) is 4.90 Å². The maximum Gasteiger partial charge on any atom is 0.226 e. The molecular weight excluding hydrogens is 417 g/mol. The van der Waals surface area contributed by atoms with Crippen LogP contribution in [0.25, 0.3) is 5.57 Å². The molecule has 5 rings (SSSR count). The summed E-state index contributed by atoms with van der Waals surface area (Å²) < 4.78 is 25.0. The molecule has 7 nitrogen and oxygen atoms in total. The van der Waals surface area contributed by atoms with Gasteiger partial charge in [0.2, 0.25) is 5.89 Å². The van der Waals surface area contributed by atoms with Crippen molar-refractivity contribution < 1.29 is 13.5 Å². The van der Waals surface area contributed by atoms with Crippen LogP contribution in [0.4, 0.5) is 4.39 Å². The minimum atomic E-state index is -0.841. The third-order valence-corrected chi connectivity index (χ3v) is 6.35. The summed E-state index contributed by atoms with van der Waals surface area (Å²) >= 11 is 1.51. The SMILES string of the molecule is CC1(c2ccc(F)cc2)N=C(c2nccs2)NC(CN2CCOCC2)=C1c1ncco1. The molecule has 3 aromatic rings. The number of hydrogen-bond donors (Lipinski definition) is 1. The standard InChI is InChI=1S/C22H22FN5O2S/c1-22(15-2-4-16(23)5-3-15)18(20-24-6-10-30-20)17(14-28-8-11-29-12-9-28)26-19(27-22)21-25-7-13-31-21/h2-7,10,13H,8-9,11-12,14H2,1H3,(H,26,27). The average molecular weight is 440 g/mol. The van der Waals surface area contributed by atoms with E-state index in [1.807, 2.05) is 12.3 Å². The molecule has 2 aliphatic heterocycles. The molecule has 2 aromatic heterocycles. The highest BCUT2D eigenvalue weighted by Crippen LogP contribution is 2.43. The molecule has 2 aliphatic rings. The second-order valence-electron chi connectivity index (χ2n) is 7.58. The van der Waals surface area contributed by atoms with Crippen LogP contribution >= 0.6 is 11.3 Å². The van der Waals surface area contributed by atoms with Crippen molar-refractivity contribution in [3.05, 3.63) is 76.3 Å². The van der Waals surface area contributed by atoms with Gasteiger partial charge in [0.15, 0.2) is 10.8 Å². The number of amidine groups is 1. The zero-order valence-corrected chi connectivity index (χ0v) is 17.9. The molecule has 0 aliphatic carbocycles. The van der Waals surface area contributed by atoms with E-state index >= 15 is 0 Å². The molecule has 1 N–H and O–H groups in total. The number of thiazole rings is 1. The van der Waals surface area contributed by atoms with E-state index in [2.05, 4.69) is 20.2 Å². The van der Waals surface area contributed by atoms with Gasteiger partial charge in [-0.25, -0.2) is 19.4 Å². The number of morpholine rings is 1. The lowest BCUT2D eigenvalue weighted by Gasteiger charge is -2.37. The van der Waals surface area contributed by atoms with Gasteiger partial charge in [-0.1, -0.05) is 12.1 Å². The van der Waals surface area contributed by atoms with E-state index < -0.39 is 5.54 Å². The van der Waals surface area contributed by atoms with Gasteiger partial charge in [0.05, 0.1) is 25.0 Å². The molecule has 0 amide bonds. The van der Waals surface area contributed by atoms with Crippen LogP contribution in [-0.4, -0.2) is 53.6 Å². The fourth-order valence-electron chi connectivity index (χ4n) is 4.02. The van der Waals surface area contributed by atoms with E-state index in [-0.39, 0.29) is 5.82 Å². The summed E-state index contributed by atoms with van der Waals surface area (Å²) in [6, 6.07) is 6.43. The lowest BCUT2D eigenvalue weighted by atomic mass is 9.82. The van der Waals surface area contributed by atoms with Crippen LogP contribution in [-0.2, 0) is 10.3 Å². The summed E-state index contributed by atoms with van der Waals surface area (Å²) in [4.78, 5) is 16.3. The topological polar surface area (TPSA) is 75.8 Å². The quantitative estimate of drug-likeness (QED) is 0.658. The molecule has 0 saturated carbocycles. The molecule has 1 aromatic carbocycles. The van der Waals surface area contributed by atoms with E-state index in [0.29, 0.717) is 31.5 Å². The van der Waals surface area contributed by atoms with Gasteiger partial charge in [-0.2, -0.15) is 0 Å². The number of rotatable bonds is 5. The average Bonchev–Trinajstić information content (AvgIpc) is 3.49. The number of oxazole rings is 1. The van der Waals surface area contributed by atoms with Crippen molar-refractivity contribution in [2.24, 2.45) is 4.99 Å². The first-order valence-electron chi connectivity index (χ1n) is 10.1. The summed E-state index contributed by atoms with van der Waals surface area (Å²) in [5.74, 6) is 0.880. The summed E-state index contributed by atoms with van der Waals surface area (Å²) in [6.07, 6.45) is 4.94. The maximum absolute atomic E-state index is 13.7. The predicted octanol–water partition coefficient (Wildman–Crippen LogP) is 3.28. The van der Waals surface area contributed by atoms with Gasteiger partial charge in [0.1, 0.15) is 17.6 Å². The molecule has 0 radical (unpaired) electrons. The molecule has 1 atom stereocenters. The van der Waals surface area contributed by atoms with E-state index in [9.17, 15) is 4.39 Å². The molecule has 0 bridgehead atoms. The molecule has 1 saturated heterocycles. The van der Waals surface area contributed by atoms with E-state index in [4.69, 9.17) is 14.1 Å². The second kappa shape index (κ2) is 8.33. The highest BCUT2D eigenvalue weighted by Gasteiger charge is 2.41. The molecule has 0 spiro atoms. The Labute approximate surface area is 183 Å². The van der Waals surface area contributed by atoms with Gasteiger partial charge < -0.3 is 14.5 Å². The van der Waals surface area contributed by atoms with Crippen molar-refractivity contribution in [1.29, 1.82) is 0 Å². The molecular formula is C22H22FN5O2S. The number of nitrogens with one attached hydrogen (secondary N) is 1. The second-order valence-corrected chi connectivity index (χ2v) is 8.48. The van der Waals surface area contributed by atoms with Crippen LogP contribution in [0.1, 0.15) is 23.4 Å². The van der Waals surface area contributed by atoms with E-state index in [1.165, 1.54) is 23.5 Å². The first kappa shape index (κ1) is 20.0. The highest BCUT2D eigenvalue weighted by atomic mass is 32.1. The number of aliphatic imine (C=N–C) groups is 1. The van der Waals surface area contributed by atoms with Crippen LogP contribution in [0.15, 0.2) is 63.4 Å². The first-order valence-corrected chi connectivity index (χ1v) is 11.0. The minimum absolute atomic E-state index is 0.291. The normalized spacial score (nSPS) is 22.3. The fraction of sp³-hybridized carbons (Fsp3) is 0.318. The third kappa shape index (κ3) is 3.91. The van der Waals surface area contributed by atoms with Crippen molar-refractivity contribution in [3.8, 4) is 0 Å². The molecule has 160 valence electrons. The highest BCUT2D eigenvalue weighted by molar-refractivity contribution is 7.11. The van der Waals surface area contributed by atoms with Crippen molar-refractivity contribution in [2.75, 3.05) is 32.8 Å². The fourth-order valence-corrected chi connectivity index (χ4v) is 4.60. The zero-order valence-electron chi connectivity index (χ0n) is 17.0. The van der Waals surface area contributed by atoms with Crippen molar-refractivity contribution in [3.63, 3.8) is 0 Å². The van der Waals surface area contributed by atoms with Crippen molar-refractivity contribution in [1.82, 2.24) is 20.2 Å². The van der Waals surface area contributed by atoms with Crippen molar-refractivity contribution >= 4 is 22.7 Å². The lowest BCUT2D eigenvalue weighted by molar-refractivity contribution is 0.0418. The van der Waals surface area contributed by atoms with Gasteiger partial charge in [0.25, 0.3) is 0 Å². The van der Waals surface area contributed by atoms with Crippen LogP contribution in [0.2, 0.25) is 0 Å². The number of ether oxygens (including phenoxy) is 1. The van der Waals surface area contributed by atoms with Gasteiger partial charge in [-0.05, 0) is 24.6 Å². The number of nitrogens with zero attached hydrogens (tertiary/aromatic N) is 4. The smallest absolute Gasteiger partial charge is 0.226 e. The predicted molar refractivity (Wildman–Crippen MR) is 116 cm³/mol. The Balaban J connectivity index is 1.67. The number of aromatic nitrogens is 2. The van der Waals surface area contributed by atoms with Gasteiger partial charge >= 0.3 is 0 Å². The van der Waals surface area contributed by atoms with Crippen LogP contribution in [0.5, 0.6) is 0 Å². The Kier molecular flexibility index (Phi) is 5.39. The molecule has 1 unspecified atom stereocenters. The van der Waals surface area contributed by atoms with Gasteiger partial charge in [0, 0.05) is 36.9 Å². The first-order chi connectivity index (χ1) is 15.1. The Bertz CT molecular complexity index is 1090. The summed E-state index contributed by atoms with van der Waals surface area (Å²) in [6.45, 7) is 5.73. The minimum Gasteiger partial charge on any atom is -0.445 e. The summed E-state index contributed by atoms with van der Waals surface area (Å²) in [5, 5.41) is 6.21. The van der Waals surface area contributed by atoms with Crippen LogP contribution in [0.3, 0.4) is 0 Å². The maximum atomic E-state index is 13.7. The van der Waals surface area contributed by atoms with Crippen molar-refractivity contribution in [2.45, 2.75) is 12.5 Å². The monoisotopic (exact) mass is 439 g/mol. The Hall–Kier alpha value is -2.88. The summed E-state index contributed by atoms with van der Waals surface area (Å²) in [7, 11) is 0. The third-order valence-electron chi connectivity index (χ3n) is 5.57. The lowest BCUT2D eigenvalue weighted by Crippen LogP contribution is -2.44. The Morgan fingerprint density at radius 3 is 2.65 bits per heavy atom. The Morgan fingerprint density at radius 2 is 1.97 bits per heavy atom. The summed E-state index contributed by atoms with van der Waals surface area (Å²) in [5.41, 5.74) is 1.77. The molecule has 4 heterocycles. The number of halogens is 1. The molecule has 1 fully saturated rings. The number of benzene rings is 1. The Morgan fingerprint density at radius 1 is 1.16 bits per heavy atom. The molecule has 9 heteroatoms. The van der Waals surface area contributed by atoms with Crippen LogP contribution in [0, 0.1) is 5.82 Å². The number of hydrogen-bond acceptors (Lipinski definition) is 8.